The van der Waals surface area contributed by atoms with Crippen LogP contribution in [0.4, 0.5) is 0 Å². The van der Waals surface area contributed by atoms with Gasteiger partial charge >= 0.3 is 0 Å². The van der Waals surface area contributed by atoms with E-state index in [0.29, 0.717) is 6.04 Å². The van der Waals surface area contributed by atoms with Crippen LogP contribution in [-0.2, 0) is 13.1 Å². The fourth-order valence-corrected chi connectivity index (χ4v) is 3.01. The fourth-order valence-electron chi connectivity index (χ4n) is 2.77. The molecule has 0 unspecified atom stereocenters. The quantitative estimate of drug-likeness (QED) is 0.831. The monoisotopic (exact) mass is 280 g/mol. The summed E-state index contributed by atoms with van der Waals surface area (Å²) < 4.78 is 2.04. The maximum Gasteiger partial charge on any atom is 0.166 e. The molecule has 2 rings (SSSR count). The predicted octanol–water partition coefficient (Wildman–Crippen LogP) is 2.43. The molecule has 0 saturated heterocycles. The van der Waals surface area contributed by atoms with Gasteiger partial charge in [0.15, 0.2) is 5.11 Å². The standard InChI is InChI=1S/C14H24N4S/c1-4-18-11(3)13(10(2)17-18)9-15-14(19)16-12-7-5-6-8-12/h12H,4-9H2,1-3H3,(H2,15,16,19). The first kappa shape index (κ1) is 14.3. The Hall–Kier alpha value is -1.10. The molecule has 1 aliphatic carbocycles. The summed E-state index contributed by atoms with van der Waals surface area (Å²) in [4.78, 5) is 0. The summed E-state index contributed by atoms with van der Waals surface area (Å²) in [6.07, 6.45) is 5.13. The topological polar surface area (TPSA) is 41.9 Å². The van der Waals surface area contributed by atoms with E-state index in [1.165, 1.54) is 36.9 Å². The molecule has 5 heteroatoms. The molecule has 1 aromatic rings. The summed E-state index contributed by atoms with van der Waals surface area (Å²) >= 11 is 5.36. The van der Waals surface area contributed by atoms with E-state index in [2.05, 4.69) is 36.5 Å². The Balaban J connectivity index is 1.87. The molecule has 2 N–H and O–H groups in total. The molecule has 19 heavy (non-hydrogen) atoms. The Morgan fingerprint density at radius 2 is 2.05 bits per heavy atom. The van der Waals surface area contributed by atoms with Crippen molar-refractivity contribution in [3.8, 4) is 0 Å². The van der Waals surface area contributed by atoms with E-state index in [-0.39, 0.29) is 0 Å². The van der Waals surface area contributed by atoms with Crippen LogP contribution in [0.15, 0.2) is 0 Å². The maximum absolute atomic E-state index is 5.36. The van der Waals surface area contributed by atoms with Crippen LogP contribution in [0, 0.1) is 13.8 Å². The van der Waals surface area contributed by atoms with Crippen molar-refractivity contribution in [3.63, 3.8) is 0 Å². The van der Waals surface area contributed by atoms with Crippen LogP contribution in [-0.4, -0.2) is 20.9 Å². The minimum Gasteiger partial charge on any atom is -0.360 e. The summed E-state index contributed by atoms with van der Waals surface area (Å²) in [6.45, 7) is 7.97. The maximum atomic E-state index is 5.36. The molecule has 1 aromatic heterocycles. The summed E-state index contributed by atoms with van der Waals surface area (Å²) in [5.41, 5.74) is 3.59. The van der Waals surface area contributed by atoms with Gasteiger partial charge in [-0.25, -0.2) is 0 Å². The van der Waals surface area contributed by atoms with Crippen LogP contribution in [0.25, 0.3) is 0 Å². The minimum atomic E-state index is 0.570. The van der Waals surface area contributed by atoms with Crippen molar-refractivity contribution < 1.29 is 0 Å². The van der Waals surface area contributed by atoms with Gasteiger partial charge in [0.2, 0.25) is 0 Å². The average Bonchev–Trinajstić information content (AvgIpc) is 2.96. The largest absolute Gasteiger partial charge is 0.360 e. The van der Waals surface area contributed by atoms with Crippen molar-refractivity contribution >= 4 is 17.3 Å². The zero-order chi connectivity index (χ0) is 13.8. The number of nitrogens with one attached hydrogen (secondary N) is 2. The lowest BCUT2D eigenvalue weighted by Gasteiger charge is -2.15. The molecule has 0 bridgehead atoms. The molecule has 0 amide bonds. The van der Waals surface area contributed by atoms with Gasteiger partial charge in [0, 0.05) is 30.4 Å². The molecule has 0 aliphatic heterocycles. The van der Waals surface area contributed by atoms with Crippen LogP contribution >= 0.6 is 12.2 Å². The first-order valence-electron chi connectivity index (χ1n) is 7.19. The Morgan fingerprint density at radius 1 is 1.37 bits per heavy atom. The van der Waals surface area contributed by atoms with Crippen molar-refractivity contribution in [2.24, 2.45) is 0 Å². The van der Waals surface area contributed by atoms with Gasteiger partial charge in [-0.05, 0) is 45.8 Å². The highest BCUT2D eigenvalue weighted by molar-refractivity contribution is 7.80. The molecule has 4 nitrogen and oxygen atoms in total. The summed E-state index contributed by atoms with van der Waals surface area (Å²) in [7, 11) is 0. The number of thiocarbonyl (C=S) groups is 1. The summed E-state index contributed by atoms with van der Waals surface area (Å²) in [6, 6.07) is 0.570. The lowest BCUT2D eigenvalue weighted by atomic mass is 10.2. The smallest absolute Gasteiger partial charge is 0.166 e. The first-order chi connectivity index (χ1) is 9.11. The van der Waals surface area contributed by atoms with Gasteiger partial charge in [-0.3, -0.25) is 4.68 Å². The summed E-state index contributed by atoms with van der Waals surface area (Å²) in [5.74, 6) is 0. The lowest BCUT2D eigenvalue weighted by Crippen LogP contribution is -2.40. The van der Waals surface area contributed by atoms with Crippen molar-refractivity contribution in [1.82, 2.24) is 20.4 Å². The average molecular weight is 280 g/mol. The number of aryl methyl sites for hydroxylation is 2. The van der Waals surface area contributed by atoms with Crippen molar-refractivity contribution in [1.29, 1.82) is 0 Å². The van der Waals surface area contributed by atoms with Crippen LogP contribution in [0.3, 0.4) is 0 Å². The van der Waals surface area contributed by atoms with Gasteiger partial charge in [-0.15, -0.1) is 0 Å². The number of hydrogen-bond acceptors (Lipinski definition) is 2. The highest BCUT2D eigenvalue weighted by Crippen LogP contribution is 2.17. The van der Waals surface area contributed by atoms with Gasteiger partial charge in [0.05, 0.1) is 5.69 Å². The Bertz CT molecular complexity index is 447. The van der Waals surface area contributed by atoms with Crippen molar-refractivity contribution in [2.45, 2.75) is 65.6 Å². The van der Waals surface area contributed by atoms with Crippen molar-refractivity contribution in [3.05, 3.63) is 17.0 Å². The van der Waals surface area contributed by atoms with E-state index in [0.717, 1.165) is 23.9 Å². The third kappa shape index (κ3) is 3.47. The van der Waals surface area contributed by atoms with Gasteiger partial charge in [-0.2, -0.15) is 5.10 Å². The molecule has 0 atom stereocenters. The highest BCUT2D eigenvalue weighted by atomic mass is 32.1. The number of hydrogen-bond donors (Lipinski definition) is 2. The van der Waals surface area contributed by atoms with Crippen LogP contribution in [0.2, 0.25) is 0 Å². The van der Waals surface area contributed by atoms with Gasteiger partial charge < -0.3 is 10.6 Å². The fraction of sp³-hybridized carbons (Fsp3) is 0.714. The molecule has 1 heterocycles. The Morgan fingerprint density at radius 3 is 2.63 bits per heavy atom. The zero-order valence-corrected chi connectivity index (χ0v) is 12.9. The second-order valence-corrected chi connectivity index (χ2v) is 5.68. The molecule has 0 aromatic carbocycles. The Kier molecular flexibility index (Phi) is 4.80. The molecular formula is C14H24N4S. The van der Waals surface area contributed by atoms with E-state index in [9.17, 15) is 0 Å². The van der Waals surface area contributed by atoms with Crippen molar-refractivity contribution in [2.75, 3.05) is 0 Å². The second-order valence-electron chi connectivity index (χ2n) is 5.27. The number of aromatic nitrogens is 2. The van der Waals surface area contributed by atoms with E-state index in [4.69, 9.17) is 12.2 Å². The van der Waals surface area contributed by atoms with E-state index >= 15 is 0 Å². The first-order valence-corrected chi connectivity index (χ1v) is 7.60. The molecule has 0 radical (unpaired) electrons. The molecule has 1 saturated carbocycles. The predicted molar refractivity (Wildman–Crippen MR) is 82.2 cm³/mol. The lowest BCUT2D eigenvalue weighted by molar-refractivity contribution is 0.620. The van der Waals surface area contributed by atoms with E-state index < -0.39 is 0 Å². The highest BCUT2D eigenvalue weighted by Gasteiger charge is 2.16. The SMILES string of the molecule is CCn1nc(C)c(CNC(=S)NC2CCCC2)c1C. The van der Waals surface area contributed by atoms with Crippen LogP contribution < -0.4 is 10.6 Å². The number of rotatable bonds is 4. The van der Waals surface area contributed by atoms with Crippen LogP contribution in [0.1, 0.15) is 49.6 Å². The molecular weight excluding hydrogens is 256 g/mol. The number of nitrogens with zero attached hydrogens (tertiary/aromatic N) is 2. The van der Waals surface area contributed by atoms with Gasteiger partial charge in [-0.1, -0.05) is 12.8 Å². The summed E-state index contributed by atoms with van der Waals surface area (Å²) in [5, 5.41) is 12.0. The van der Waals surface area contributed by atoms with Gasteiger partial charge in [0.1, 0.15) is 0 Å². The van der Waals surface area contributed by atoms with Crippen LogP contribution in [0.5, 0.6) is 0 Å². The second kappa shape index (κ2) is 6.37. The van der Waals surface area contributed by atoms with E-state index in [1.807, 2.05) is 4.68 Å². The molecule has 1 fully saturated rings. The zero-order valence-electron chi connectivity index (χ0n) is 12.1. The third-order valence-electron chi connectivity index (χ3n) is 3.95. The van der Waals surface area contributed by atoms with E-state index in [1.54, 1.807) is 0 Å². The Labute approximate surface area is 121 Å². The molecule has 1 aliphatic rings. The molecule has 106 valence electrons. The third-order valence-corrected chi connectivity index (χ3v) is 4.21. The van der Waals surface area contributed by atoms with Gasteiger partial charge in [0.25, 0.3) is 0 Å². The molecule has 0 spiro atoms. The minimum absolute atomic E-state index is 0.570. The normalized spacial score (nSPS) is 15.7.